The van der Waals surface area contributed by atoms with Gasteiger partial charge < -0.3 is 5.11 Å². The molecule has 2 fully saturated rings. The smallest absolute Gasteiger partial charge is 0.324 e. The van der Waals surface area contributed by atoms with Crippen molar-refractivity contribution in [2.24, 2.45) is 5.92 Å². The van der Waals surface area contributed by atoms with Crippen LogP contribution in [-0.2, 0) is 4.79 Å². The summed E-state index contributed by atoms with van der Waals surface area (Å²) in [6.45, 7) is 2.13. The Morgan fingerprint density at radius 1 is 1.24 bits per heavy atom. The van der Waals surface area contributed by atoms with Crippen LogP contribution in [0.2, 0.25) is 0 Å². The van der Waals surface area contributed by atoms with E-state index >= 15 is 0 Å². The van der Waals surface area contributed by atoms with Gasteiger partial charge in [0.15, 0.2) is 0 Å². The Balaban J connectivity index is 2.13. The van der Waals surface area contributed by atoms with Crippen molar-refractivity contribution in [3.8, 4) is 0 Å². The van der Waals surface area contributed by atoms with Crippen molar-refractivity contribution >= 4 is 5.97 Å². The minimum absolute atomic E-state index is 0.314. The average molecular weight is 239 g/mol. The highest BCUT2D eigenvalue weighted by molar-refractivity contribution is 5.79. The lowest BCUT2D eigenvalue weighted by Crippen LogP contribution is -2.61. The molecule has 0 aliphatic heterocycles. The van der Waals surface area contributed by atoms with Gasteiger partial charge >= 0.3 is 5.97 Å². The fraction of sp³-hybridized carbons (Fsp3) is 0.929. The molecule has 2 atom stereocenters. The van der Waals surface area contributed by atoms with E-state index in [1.807, 2.05) is 0 Å². The zero-order valence-electron chi connectivity index (χ0n) is 10.9. The number of carbonyl (C=O) groups is 1. The second-order valence-electron chi connectivity index (χ2n) is 5.75. The SMILES string of the molecule is CCC1CCCCC1(NC1CCCC1)C(=O)O. The lowest BCUT2D eigenvalue weighted by molar-refractivity contribution is -0.150. The van der Waals surface area contributed by atoms with Crippen LogP contribution in [-0.4, -0.2) is 22.7 Å². The summed E-state index contributed by atoms with van der Waals surface area (Å²) in [7, 11) is 0. The summed E-state index contributed by atoms with van der Waals surface area (Å²) in [5, 5.41) is 13.2. The Bertz CT molecular complexity index is 273. The Morgan fingerprint density at radius 3 is 2.47 bits per heavy atom. The molecule has 0 heterocycles. The minimum atomic E-state index is -0.623. The van der Waals surface area contributed by atoms with E-state index < -0.39 is 11.5 Å². The van der Waals surface area contributed by atoms with Crippen molar-refractivity contribution in [3.63, 3.8) is 0 Å². The quantitative estimate of drug-likeness (QED) is 0.793. The fourth-order valence-electron chi connectivity index (χ4n) is 3.77. The van der Waals surface area contributed by atoms with Crippen LogP contribution in [0.5, 0.6) is 0 Å². The van der Waals surface area contributed by atoms with E-state index in [-0.39, 0.29) is 0 Å². The van der Waals surface area contributed by atoms with Gasteiger partial charge in [-0.15, -0.1) is 0 Å². The van der Waals surface area contributed by atoms with Gasteiger partial charge in [-0.05, 0) is 31.6 Å². The third-order valence-electron chi connectivity index (χ3n) is 4.76. The summed E-state index contributed by atoms with van der Waals surface area (Å²) >= 11 is 0. The number of rotatable bonds is 4. The average Bonchev–Trinajstić information content (AvgIpc) is 2.82. The maximum Gasteiger partial charge on any atom is 0.324 e. The van der Waals surface area contributed by atoms with Gasteiger partial charge in [0, 0.05) is 6.04 Å². The van der Waals surface area contributed by atoms with E-state index in [0.29, 0.717) is 12.0 Å². The number of aliphatic carboxylic acids is 1. The molecular weight excluding hydrogens is 214 g/mol. The van der Waals surface area contributed by atoms with Gasteiger partial charge in [-0.25, -0.2) is 0 Å². The summed E-state index contributed by atoms with van der Waals surface area (Å²) in [4.78, 5) is 11.8. The van der Waals surface area contributed by atoms with Crippen LogP contribution in [0, 0.1) is 5.92 Å². The lowest BCUT2D eigenvalue weighted by atomic mass is 9.71. The largest absolute Gasteiger partial charge is 0.480 e. The van der Waals surface area contributed by atoms with E-state index in [2.05, 4.69) is 12.2 Å². The summed E-state index contributed by atoms with van der Waals surface area (Å²) in [5.74, 6) is -0.301. The molecule has 2 rings (SSSR count). The van der Waals surface area contributed by atoms with Crippen molar-refractivity contribution in [2.45, 2.75) is 76.3 Å². The highest BCUT2D eigenvalue weighted by Gasteiger charge is 2.47. The van der Waals surface area contributed by atoms with Crippen LogP contribution in [0.15, 0.2) is 0 Å². The third kappa shape index (κ3) is 2.49. The molecule has 0 aromatic carbocycles. The normalized spacial score (nSPS) is 35.0. The number of carboxylic acid groups (broad SMARTS) is 1. The first kappa shape index (κ1) is 12.9. The van der Waals surface area contributed by atoms with E-state index in [1.165, 1.54) is 19.3 Å². The molecule has 2 N–H and O–H groups in total. The van der Waals surface area contributed by atoms with Gasteiger partial charge in [-0.2, -0.15) is 0 Å². The molecule has 3 nitrogen and oxygen atoms in total. The number of hydrogen-bond acceptors (Lipinski definition) is 2. The van der Waals surface area contributed by atoms with Gasteiger partial charge in [0.1, 0.15) is 5.54 Å². The van der Waals surface area contributed by atoms with Crippen molar-refractivity contribution in [1.29, 1.82) is 0 Å². The topological polar surface area (TPSA) is 49.3 Å². The third-order valence-corrected chi connectivity index (χ3v) is 4.76. The Hall–Kier alpha value is -0.570. The summed E-state index contributed by atoms with van der Waals surface area (Å²) in [6, 6.07) is 0.443. The van der Waals surface area contributed by atoms with Gasteiger partial charge in [-0.1, -0.05) is 39.0 Å². The minimum Gasteiger partial charge on any atom is -0.480 e. The molecule has 17 heavy (non-hydrogen) atoms. The standard InChI is InChI=1S/C14H25NO2/c1-2-11-7-5-6-10-14(11,13(16)17)15-12-8-3-4-9-12/h11-12,15H,2-10H2,1H3,(H,16,17). The molecule has 0 saturated heterocycles. The Kier molecular flexibility index (Phi) is 4.08. The highest BCUT2D eigenvalue weighted by atomic mass is 16.4. The highest BCUT2D eigenvalue weighted by Crippen LogP contribution is 2.38. The first-order valence-electron chi connectivity index (χ1n) is 7.20. The maximum atomic E-state index is 11.8. The molecule has 0 bridgehead atoms. The number of carboxylic acids is 1. The van der Waals surface area contributed by atoms with Crippen LogP contribution in [0.25, 0.3) is 0 Å². The van der Waals surface area contributed by atoms with Crippen molar-refractivity contribution in [3.05, 3.63) is 0 Å². The lowest BCUT2D eigenvalue weighted by Gasteiger charge is -2.43. The molecule has 3 heteroatoms. The molecule has 2 unspecified atom stereocenters. The summed E-state index contributed by atoms with van der Waals surface area (Å²) in [6.07, 6.45) is 9.94. The predicted octanol–water partition coefficient (Wildman–Crippen LogP) is 2.94. The fourth-order valence-corrected chi connectivity index (χ4v) is 3.77. The molecule has 0 amide bonds. The van der Waals surface area contributed by atoms with Gasteiger partial charge in [-0.3, -0.25) is 10.1 Å². The molecule has 2 saturated carbocycles. The monoisotopic (exact) mass is 239 g/mol. The predicted molar refractivity (Wildman–Crippen MR) is 68.0 cm³/mol. The second kappa shape index (κ2) is 5.38. The number of nitrogens with one attached hydrogen (secondary N) is 1. The van der Waals surface area contributed by atoms with E-state index in [9.17, 15) is 9.90 Å². The molecule has 2 aliphatic rings. The molecule has 0 radical (unpaired) electrons. The van der Waals surface area contributed by atoms with Gasteiger partial charge in [0.05, 0.1) is 0 Å². The van der Waals surface area contributed by atoms with Gasteiger partial charge in [0.2, 0.25) is 0 Å². The van der Waals surface area contributed by atoms with Crippen molar-refractivity contribution < 1.29 is 9.90 Å². The zero-order chi connectivity index (χ0) is 12.3. The van der Waals surface area contributed by atoms with Crippen LogP contribution in [0.3, 0.4) is 0 Å². The molecule has 0 aromatic rings. The Labute approximate surface area is 104 Å². The van der Waals surface area contributed by atoms with Gasteiger partial charge in [0.25, 0.3) is 0 Å². The number of hydrogen-bond donors (Lipinski definition) is 2. The second-order valence-corrected chi connectivity index (χ2v) is 5.75. The molecule has 0 aromatic heterocycles. The first-order valence-corrected chi connectivity index (χ1v) is 7.20. The summed E-state index contributed by atoms with van der Waals surface area (Å²) in [5.41, 5.74) is -0.623. The molecule has 2 aliphatic carbocycles. The van der Waals surface area contributed by atoms with E-state index in [0.717, 1.165) is 38.5 Å². The molecule has 0 spiro atoms. The van der Waals surface area contributed by atoms with E-state index in [4.69, 9.17) is 0 Å². The Morgan fingerprint density at radius 2 is 1.88 bits per heavy atom. The zero-order valence-corrected chi connectivity index (χ0v) is 10.9. The maximum absolute atomic E-state index is 11.8. The van der Waals surface area contributed by atoms with Crippen molar-refractivity contribution in [2.75, 3.05) is 0 Å². The van der Waals surface area contributed by atoms with Crippen LogP contribution < -0.4 is 5.32 Å². The van der Waals surface area contributed by atoms with Crippen LogP contribution >= 0.6 is 0 Å². The molecular formula is C14H25NO2. The van der Waals surface area contributed by atoms with Crippen molar-refractivity contribution in [1.82, 2.24) is 5.32 Å². The molecule has 98 valence electrons. The summed E-state index contributed by atoms with van der Waals surface area (Å²) < 4.78 is 0. The van der Waals surface area contributed by atoms with Crippen LogP contribution in [0.4, 0.5) is 0 Å². The van der Waals surface area contributed by atoms with E-state index in [1.54, 1.807) is 0 Å². The first-order chi connectivity index (χ1) is 8.19. The van der Waals surface area contributed by atoms with Crippen LogP contribution in [0.1, 0.15) is 64.7 Å².